The van der Waals surface area contributed by atoms with Crippen LogP contribution in [0.1, 0.15) is 100 Å². The number of nitrogens with zero attached hydrogens (tertiary/aromatic N) is 4. The van der Waals surface area contributed by atoms with Crippen molar-refractivity contribution in [3.8, 4) is 23.1 Å². The SMILES string of the molecule is CCC.CNCC(=O)NCCCCc1nc2c([nH]1)CCc1cc(C#Cc3ccc4[nH]c(C5CCCN5C(=O)C(NC(=O)OC)C(C)C)nc4n3)ccc1-2.COC=O. The van der Waals surface area contributed by atoms with E-state index in [1.165, 1.54) is 31.9 Å². The van der Waals surface area contributed by atoms with Crippen LogP contribution in [0.15, 0.2) is 30.3 Å². The summed E-state index contributed by atoms with van der Waals surface area (Å²) in [6, 6.07) is 9.13. The summed E-state index contributed by atoms with van der Waals surface area (Å²) in [5.41, 5.74) is 7.40. The van der Waals surface area contributed by atoms with Gasteiger partial charge in [0.2, 0.25) is 11.8 Å². The number of pyridine rings is 1. The van der Waals surface area contributed by atoms with Crippen LogP contribution in [-0.2, 0) is 43.1 Å². The molecule has 2 aliphatic rings. The predicted octanol–water partition coefficient (Wildman–Crippen LogP) is 4.75. The van der Waals surface area contributed by atoms with Gasteiger partial charge < -0.3 is 40.3 Å². The number of likely N-dealkylation sites (N-methyl/N-ethyl adjacent to an activating group) is 1. The van der Waals surface area contributed by atoms with Gasteiger partial charge in [-0.25, -0.2) is 19.7 Å². The first-order valence-corrected chi connectivity index (χ1v) is 19.7. The topological polar surface area (TPSA) is 196 Å². The Morgan fingerprint density at radius 2 is 1.81 bits per heavy atom. The minimum absolute atomic E-state index is 0.0151. The average Bonchev–Trinajstić information content (AvgIpc) is 3.97. The maximum atomic E-state index is 13.5. The van der Waals surface area contributed by atoms with Gasteiger partial charge in [-0.15, -0.1) is 0 Å². The lowest BCUT2D eigenvalue weighted by Gasteiger charge is -2.29. The minimum Gasteiger partial charge on any atom is -0.471 e. The van der Waals surface area contributed by atoms with Crippen LogP contribution in [0.3, 0.4) is 0 Å². The van der Waals surface area contributed by atoms with Crippen LogP contribution in [0.4, 0.5) is 4.79 Å². The largest absolute Gasteiger partial charge is 0.471 e. The molecule has 0 bridgehead atoms. The number of aromatic amines is 2. The number of H-pyrrole nitrogens is 2. The summed E-state index contributed by atoms with van der Waals surface area (Å²) in [7, 11) is 4.36. The number of imidazole rings is 2. The number of aromatic nitrogens is 5. The molecule has 5 N–H and O–H groups in total. The van der Waals surface area contributed by atoms with Crippen LogP contribution in [0.2, 0.25) is 0 Å². The number of nitrogens with one attached hydrogen (secondary N) is 5. The normalized spacial score (nSPS) is 14.4. The molecule has 1 fully saturated rings. The highest BCUT2D eigenvalue weighted by molar-refractivity contribution is 5.86. The first kappa shape index (κ1) is 44.0. The Morgan fingerprint density at radius 1 is 1.04 bits per heavy atom. The fourth-order valence-electron chi connectivity index (χ4n) is 6.69. The Bertz CT molecular complexity index is 2030. The van der Waals surface area contributed by atoms with Gasteiger partial charge >= 0.3 is 6.09 Å². The highest BCUT2D eigenvalue weighted by atomic mass is 16.5. The van der Waals surface area contributed by atoms with E-state index in [2.05, 4.69) is 68.5 Å². The van der Waals surface area contributed by atoms with Crippen LogP contribution < -0.4 is 16.0 Å². The Kier molecular flexibility index (Phi) is 17.1. The monoisotopic (exact) mass is 783 g/mol. The molecule has 306 valence electrons. The average molecular weight is 784 g/mol. The molecule has 1 aliphatic carbocycles. The van der Waals surface area contributed by atoms with E-state index in [1.54, 1.807) is 11.9 Å². The quantitative estimate of drug-likeness (QED) is 0.0760. The van der Waals surface area contributed by atoms with Crippen molar-refractivity contribution in [3.05, 3.63) is 64.5 Å². The number of likely N-dealkylation sites (tertiary alicyclic amines) is 1. The first-order chi connectivity index (χ1) is 27.6. The van der Waals surface area contributed by atoms with Gasteiger partial charge in [0, 0.05) is 36.3 Å². The van der Waals surface area contributed by atoms with E-state index in [1.807, 2.05) is 32.0 Å². The highest BCUT2D eigenvalue weighted by Gasteiger charge is 2.37. The molecule has 1 aliphatic heterocycles. The molecule has 1 aromatic carbocycles. The molecule has 0 spiro atoms. The van der Waals surface area contributed by atoms with Crippen molar-refractivity contribution in [2.75, 3.05) is 40.9 Å². The molecule has 15 nitrogen and oxygen atoms in total. The van der Waals surface area contributed by atoms with Crippen molar-refractivity contribution >= 4 is 35.5 Å². The van der Waals surface area contributed by atoms with E-state index in [0.717, 1.165) is 73.1 Å². The number of carbonyl (C=O) groups is 4. The number of alkyl carbamates (subject to hydrolysis) is 1. The zero-order valence-corrected chi connectivity index (χ0v) is 34.2. The van der Waals surface area contributed by atoms with Crippen molar-refractivity contribution in [1.29, 1.82) is 0 Å². The van der Waals surface area contributed by atoms with Gasteiger partial charge in [-0.1, -0.05) is 46.1 Å². The van der Waals surface area contributed by atoms with E-state index >= 15 is 0 Å². The van der Waals surface area contributed by atoms with Gasteiger partial charge in [0.15, 0.2) is 5.65 Å². The molecule has 4 heterocycles. The summed E-state index contributed by atoms with van der Waals surface area (Å²) in [5.74, 6) is 7.90. The van der Waals surface area contributed by atoms with E-state index in [9.17, 15) is 14.4 Å². The summed E-state index contributed by atoms with van der Waals surface area (Å²) in [5, 5.41) is 8.46. The summed E-state index contributed by atoms with van der Waals surface area (Å²) in [6.45, 7) is 10.0. The summed E-state index contributed by atoms with van der Waals surface area (Å²) in [6.07, 6.45) is 6.72. The zero-order valence-electron chi connectivity index (χ0n) is 34.2. The zero-order chi connectivity index (χ0) is 41.3. The number of rotatable bonds is 12. The highest BCUT2D eigenvalue weighted by Crippen LogP contribution is 2.34. The molecular formula is C42H57N9O6. The third kappa shape index (κ3) is 12.1. The lowest BCUT2D eigenvalue weighted by molar-refractivity contribution is -0.135. The van der Waals surface area contributed by atoms with Crippen LogP contribution in [-0.4, -0.2) is 101 Å². The Balaban J connectivity index is 0.000000954. The van der Waals surface area contributed by atoms with Crippen LogP contribution in [0.5, 0.6) is 0 Å². The van der Waals surface area contributed by atoms with Crippen molar-refractivity contribution in [1.82, 2.24) is 45.8 Å². The third-order valence-corrected chi connectivity index (χ3v) is 9.37. The molecular weight excluding hydrogens is 727 g/mol. The second-order valence-electron chi connectivity index (χ2n) is 14.2. The smallest absolute Gasteiger partial charge is 0.407 e. The van der Waals surface area contributed by atoms with Crippen LogP contribution >= 0.6 is 0 Å². The third-order valence-electron chi connectivity index (χ3n) is 9.37. The van der Waals surface area contributed by atoms with Gasteiger partial charge in [-0.2, -0.15) is 0 Å². The number of carbonyl (C=O) groups excluding carboxylic acids is 4. The maximum absolute atomic E-state index is 13.5. The molecule has 0 saturated carbocycles. The van der Waals surface area contributed by atoms with Crippen LogP contribution in [0, 0.1) is 17.8 Å². The molecule has 6 rings (SSSR count). The Hall–Kier alpha value is -5.75. The number of hydrogen-bond acceptors (Lipinski definition) is 10. The van der Waals surface area contributed by atoms with Crippen molar-refractivity contribution in [3.63, 3.8) is 0 Å². The van der Waals surface area contributed by atoms with E-state index in [4.69, 9.17) is 24.5 Å². The summed E-state index contributed by atoms with van der Waals surface area (Å²) >= 11 is 0. The Labute approximate surface area is 334 Å². The maximum Gasteiger partial charge on any atom is 0.407 e. The number of fused-ring (bicyclic) bond motifs is 4. The van der Waals surface area contributed by atoms with E-state index in [0.29, 0.717) is 43.3 Å². The predicted molar refractivity (Wildman–Crippen MR) is 218 cm³/mol. The second-order valence-corrected chi connectivity index (χ2v) is 14.2. The van der Waals surface area contributed by atoms with Gasteiger partial charge in [0.05, 0.1) is 38.0 Å². The first-order valence-electron chi connectivity index (χ1n) is 19.7. The number of aryl methyl sites for hydroxylation is 3. The van der Waals surface area contributed by atoms with E-state index in [-0.39, 0.29) is 23.8 Å². The number of ether oxygens (including phenoxy) is 2. The van der Waals surface area contributed by atoms with Crippen molar-refractivity contribution in [2.45, 2.75) is 91.1 Å². The number of methoxy groups -OCH3 is 2. The molecule has 3 amide bonds. The molecule has 0 radical (unpaired) electrons. The number of benzene rings is 1. The fraction of sp³-hybridized carbons (Fsp3) is 0.500. The van der Waals surface area contributed by atoms with Gasteiger partial charge in [-0.05, 0) is 87.2 Å². The molecule has 15 heteroatoms. The van der Waals surface area contributed by atoms with Crippen molar-refractivity contribution in [2.24, 2.45) is 5.92 Å². The van der Waals surface area contributed by atoms with Gasteiger partial charge in [0.25, 0.3) is 6.47 Å². The summed E-state index contributed by atoms with van der Waals surface area (Å²) < 4.78 is 8.61. The minimum atomic E-state index is -0.694. The molecule has 2 atom stereocenters. The van der Waals surface area contributed by atoms with E-state index < -0.39 is 12.1 Å². The van der Waals surface area contributed by atoms with Gasteiger partial charge in [-0.3, -0.25) is 14.4 Å². The second kappa shape index (κ2) is 22.1. The fourth-order valence-corrected chi connectivity index (χ4v) is 6.69. The molecule has 3 aromatic heterocycles. The number of amides is 3. The molecule has 57 heavy (non-hydrogen) atoms. The van der Waals surface area contributed by atoms with Crippen LogP contribution in [0.25, 0.3) is 22.4 Å². The molecule has 1 saturated heterocycles. The lowest BCUT2D eigenvalue weighted by atomic mass is 9.91. The Morgan fingerprint density at radius 3 is 2.51 bits per heavy atom. The number of unbranched alkanes of at least 4 members (excludes halogenated alkanes) is 1. The lowest BCUT2D eigenvalue weighted by Crippen LogP contribution is -2.51. The molecule has 2 unspecified atom stereocenters. The molecule has 4 aromatic rings. The summed E-state index contributed by atoms with van der Waals surface area (Å²) in [4.78, 5) is 69.1. The standard InChI is InChI=1S/C37H45N9O4.C3H8.C2H4O2/c1-22(2)32(44-37(49)50-4)36(48)46-19-7-8-29(46)35-42-28-17-14-25(40-34(28)45-35)13-10-23-11-15-26-24(20-23)12-16-27-33(26)43-30(41-27)9-5-6-18-39-31(47)21-38-3;1-3-2;1-4-2-3/h11,14-15,17,20,22,29,32,38H,5-9,12,16,18-19,21H2,1-4H3,(H,39,47)(H,41,43)(H,44,49)(H,40,42,45);3H2,1-2H3;2H,1H3. The number of hydrogen-bond donors (Lipinski definition) is 5. The van der Waals surface area contributed by atoms with Gasteiger partial charge in [0.1, 0.15) is 23.4 Å². The van der Waals surface area contributed by atoms with Crippen molar-refractivity contribution < 1.29 is 28.7 Å².